The minimum absolute atomic E-state index is 0.293. The normalized spacial score (nSPS) is 34.8. The minimum atomic E-state index is -2.99. The molecule has 2 rings (SSSR count). The zero-order valence-corrected chi connectivity index (χ0v) is 15.4. The fourth-order valence-electron chi connectivity index (χ4n) is 3.83. The lowest BCUT2D eigenvalue weighted by Gasteiger charge is -2.44. The van der Waals surface area contributed by atoms with Gasteiger partial charge in [0.05, 0.1) is 0 Å². The van der Waals surface area contributed by atoms with Crippen molar-refractivity contribution in [3.63, 3.8) is 0 Å². The van der Waals surface area contributed by atoms with Crippen molar-refractivity contribution in [2.75, 3.05) is 37.9 Å². The van der Waals surface area contributed by atoms with Crippen molar-refractivity contribution in [1.82, 2.24) is 10.2 Å². The van der Waals surface area contributed by atoms with Crippen LogP contribution >= 0.6 is 11.8 Å². The maximum atomic E-state index is 12.0. The van der Waals surface area contributed by atoms with Crippen LogP contribution in [-0.4, -0.2) is 62.6 Å². The van der Waals surface area contributed by atoms with Crippen LogP contribution in [0.25, 0.3) is 0 Å². The fraction of sp³-hybridized carbons (Fsp3) is 1.00. The van der Waals surface area contributed by atoms with Crippen LogP contribution in [0.2, 0.25) is 0 Å². The van der Waals surface area contributed by atoms with Crippen molar-refractivity contribution in [3.8, 4) is 0 Å². The predicted molar refractivity (Wildman–Crippen MR) is 91.5 cm³/mol. The largest absolute Gasteiger partial charge is 0.317 e. The van der Waals surface area contributed by atoms with Gasteiger partial charge in [-0.05, 0) is 37.6 Å². The van der Waals surface area contributed by atoms with Crippen molar-refractivity contribution in [3.05, 3.63) is 0 Å². The molecule has 0 aromatic carbocycles. The molecule has 124 valence electrons. The molecule has 1 aliphatic heterocycles. The van der Waals surface area contributed by atoms with Gasteiger partial charge < -0.3 is 5.32 Å². The first-order valence-corrected chi connectivity index (χ1v) is 11.0. The van der Waals surface area contributed by atoms with Gasteiger partial charge in [-0.2, -0.15) is 11.8 Å². The Hall–Kier alpha value is 0.220. The highest BCUT2D eigenvalue weighted by molar-refractivity contribution is 8.00. The summed E-state index contributed by atoms with van der Waals surface area (Å²) in [6.45, 7) is 6.49. The van der Waals surface area contributed by atoms with Crippen LogP contribution in [0.1, 0.15) is 33.1 Å². The summed E-state index contributed by atoms with van der Waals surface area (Å²) in [6, 6.07) is 0.521. The van der Waals surface area contributed by atoms with Crippen molar-refractivity contribution in [1.29, 1.82) is 0 Å². The number of thioether (sulfide) groups is 1. The summed E-state index contributed by atoms with van der Waals surface area (Å²) in [7, 11) is -0.956. The molecule has 3 atom stereocenters. The van der Waals surface area contributed by atoms with Crippen LogP contribution in [0.4, 0.5) is 0 Å². The smallest absolute Gasteiger partial charge is 0.164 e. The SMILES string of the molecule is CNC1CCC(C)(C)CC1CN1CCSCC1S(C)(=O)=O. The Morgan fingerprint density at radius 2 is 2.10 bits per heavy atom. The fourth-order valence-corrected chi connectivity index (χ4v) is 6.78. The summed E-state index contributed by atoms with van der Waals surface area (Å²) in [5.74, 6) is 2.32. The molecule has 21 heavy (non-hydrogen) atoms. The highest BCUT2D eigenvalue weighted by Crippen LogP contribution is 2.39. The molecular weight excluding hydrogens is 304 g/mol. The molecule has 2 fully saturated rings. The molecule has 0 bridgehead atoms. The van der Waals surface area contributed by atoms with E-state index >= 15 is 0 Å². The number of hydrogen-bond donors (Lipinski definition) is 1. The van der Waals surface area contributed by atoms with Gasteiger partial charge in [0, 0.05) is 36.9 Å². The maximum absolute atomic E-state index is 12.0. The van der Waals surface area contributed by atoms with Crippen molar-refractivity contribution in [2.24, 2.45) is 11.3 Å². The molecule has 6 heteroatoms. The average Bonchev–Trinajstić information content (AvgIpc) is 2.37. The second kappa shape index (κ2) is 6.77. The number of rotatable bonds is 4. The monoisotopic (exact) mass is 334 g/mol. The van der Waals surface area contributed by atoms with Gasteiger partial charge in [-0.15, -0.1) is 0 Å². The molecule has 1 N–H and O–H groups in total. The van der Waals surface area contributed by atoms with E-state index in [2.05, 4.69) is 24.1 Å². The van der Waals surface area contributed by atoms with Crippen LogP contribution in [-0.2, 0) is 9.84 Å². The van der Waals surface area contributed by atoms with Gasteiger partial charge in [0.15, 0.2) is 9.84 Å². The number of hydrogen-bond acceptors (Lipinski definition) is 5. The average molecular weight is 335 g/mol. The Morgan fingerprint density at radius 1 is 1.38 bits per heavy atom. The molecule has 0 aromatic heterocycles. The first kappa shape index (κ1) is 17.6. The third-order valence-corrected chi connectivity index (χ3v) is 7.73. The Bertz CT molecular complexity index is 451. The van der Waals surface area contributed by atoms with Crippen molar-refractivity contribution in [2.45, 2.75) is 44.5 Å². The highest BCUT2D eigenvalue weighted by Gasteiger charge is 2.38. The molecule has 2 aliphatic rings. The van der Waals surface area contributed by atoms with Gasteiger partial charge >= 0.3 is 0 Å². The van der Waals surface area contributed by atoms with Gasteiger partial charge in [-0.1, -0.05) is 13.8 Å². The second-order valence-electron chi connectivity index (χ2n) is 7.42. The van der Waals surface area contributed by atoms with E-state index in [4.69, 9.17) is 0 Å². The number of sulfone groups is 1. The van der Waals surface area contributed by atoms with Gasteiger partial charge in [-0.3, -0.25) is 4.90 Å². The van der Waals surface area contributed by atoms with E-state index in [1.807, 2.05) is 7.05 Å². The highest BCUT2D eigenvalue weighted by atomic mass is 32.2. The van der Waals surface area contributed by atoms with Gasteiger partial charge in [0.25, 0.3) is 0 Å². The van der Waals surface area contributed by atoms with E-state index in [0.29, 0.717) is 17.4 Å². The zero-order chi connectivity index (χ0) is 15.7. The van der Waals surface area contributed by atoms with E-state index in [1.165, 1.54) is 25.5 Å². The van der Waals surface area contributed by atoms with Gasteiger partial charge in [0.2, 0.25) is 0 Å². The quantitative estimate of drug-likeness (QED) is 0.850. The summed E-state index contributed by atoms with van der Waals surface area (Å²) in [6.07, 6.45) is 5.01. The van der Waals surface area contributed by atoms with Gasteiger partial charge in [0.1, 0.15) is 5.37 Å². The summed E-state index contributed by atoms with van der Waals surface area (Å²) >= 11 is 1.77. The summed E-state index contributed by atoms with van der Waals surface area (Å²) < 4.78 is 24.1. The molecule has 1 saturated heterocycles. The van der Waals surface area contributed by atoms with Crippen molar-refractivity contribution >= 4 is 21.6 Å². The summed E-state index contributed by atoms with van der Waals surface area (Å²) in [5, 5.41) is 3.16. The Kier molecular flexibility index (Phi) is 5.66. The van der Waals surface area contributed by atoms with Crippen LogP contribution in [0.15, 0.2) is 0 Å². The zero-order valence-electron chi connectivity index (χ0n) is 13.8. The summed E-state index contributed by atoms with van der Waals surface area (Å²) in [4.78, 5) is 2.22. The molecule has 1 heterocycles. The molecule has 1 saturated carbocycles. The lowest BCUT2D eigenvalue weighted by Crippen LogP contribution is -2.53. The van der Waals surface area contributed by atoms with E-state index in [0.717, 1.165) is 24.6 Å². The third kappa shape index (κ3) is 4.60. The van der Waals surface area contributed by atoms with Crippen LogP contribution in [0.3, 0.4) is 0 Å². The van der Waals surface area contributed by atoms with E-state index in [1.54, 1.807) is 11.8 Å². The molecule has 0 radical (unpaired) electrons. The second-order valence-corrected chi connectivity index (χ2v) is 10.8. The lowest BCUT2D eigenvalue weighted by molar-refractivity contribution is 0.102. The van der Waals surface area contributed by atoms with E-state index in [-0.39, 0.29) is 5.37 Å². The lowest BCUT2D eigenvalue weighted by atomic mass is 9.69. The first-order valence-electron chi connectivity index (χ1n) is 7.91. The molecule has 4 nitrogen and oxygen atoms in total. The standard InChI is InChI=1S/C15H30N2O2S2/c1-15(2)6-5-13(16-3)12(9-15)10-17-7-8-20-11-14(17)21(4,18)19/h12-14,16H,5-11H2,1-4H3. The third-order valence-electron chi connectivity index (χ3n) is 5.04. The van der Waals surface area contributed by atoms with Gasteiger partial charge in [-0.25, -0.2) is 8.42 Å². The first-order chi connectivity index (χ1) is 9.73. The molecule has 3 unspecified atom stereocenters. The minimum Gasteiger partial charge on any atom is -0.317 e. The van der Waals surface area contributed by atoms with Crippen LogP contribution < -0.4 is 5.32 Å². The van der Waals surface area contributed by atoms with E-state index < -0.39 is 9.84 Å². The number of nitrogens with zero attached hydrogens (tertiary/aromatic N) is 1. The topological polar surface area (TPSA) is 49.4 Å². The summed E-state index contributed by atoms with van der Waals surface area (Å²) in [5.41, 5.74) is 0.378. The maximum Gasteiger partial charge on any atom is 0.164 e. The molecule has 0 spiro atoms. The Morgan fingerprint density at radius 3 is 2.71 bits per heavy atom. The Balaban J connectivity index is 2.09. The van der Waals surface area contributed by atoms with Crippen LogP contribution in [0.5, 0.6) is 0 Å². The van der Waals surface area contributed by atoms with Crippen LogP contribution in [0, 0.1) is 11.3 Å². The molecule has 1 aliphatic carbocycles. The predicted octanol–water partition coefficient (Wildman–Crippen LogP) is 1.82. The molecule has 0 amide bonds. The molecular formula is C15H30N2O2S2. The Labute approximate surface area is 134 Å². The van der Waals surface area contributed by atoms with E-state index in [9.17, 15) is 8.42 Å². The van der Waals surface area contributed by atoms with Crippen molar-refractivity contribution < 1.29 is 8.42 Å². The molecule has 0 aromatic rings. The number of nitrogens with one attached hydrogen (secondary N) is 1.